The number of benzene rings is 3. The van der Waals surface area contributed by atoms with E-state index in [4.69, 9.17) is 4.74 Å². The summed E-state index contributed by atoms with van der Waals surface area (Å²) < 4.78 is 33.1. The highest BCUT2D eigenvalue weighted by Crippen LogP contribution is 2.20. The van der Waals surface area contributed by atoms with E-state index >= 15 is 0 Å². The summed E-state index contributed by atoms with van der Waals surface area (Å²) in [5, 5.41) is 2.93. The molecule has 3 aromatic rings. The molecule has 0 aliphatic carbocycles. The standard InChI is InChI=1S/C28H33N3O4S/c1-21(2)35-26-11-9-25(10-12-26)29-28(32)24-6-4-5-23(19-24)20-30-15-17-31(18-16-30)36(33,34)27-13-7-22(3)8-14-27/h4-14,19,21H,15-18,20H2,1-3H3,(H,29,32). The lowest BCUT2D eigenvalue weighted by Gasteiger charge is -2.34. The Morgan fingerprint density at radius 2 is 1.61 bits per heavy atom. The van der Waals surface area contributed by atoms with Gasteiger partial charge in [0.15, 0.2) is 0 Å². The minimum absolute atomic E-state index is 0.0914. The van der Waals surface area contributed by atoms with Crippen molar-refractivity contribution >= 4 is 21.6 Å². The first-order valence-corrected chi connectivity index (χ1v) is 13.6. The number of sulfonamides is 1. The maximum absolute atomic E-state index is 13.0. The summed E-state index contributed by atoms with van der Waals surface area (Å²) in [6.07, 6.45) is 0.0914. The van der Waals surface area contributed by atoms with E-state index in [1.165, 1.54) is 0 Å². The van der Waals surface area contributed by atoms with E-state index in [0.29, 0.717) is 48.9 Å². The Labute approximate surface area is 213 Å². The third-order valence-electron chi connectivity index (χ3n) is 6.07. The van der Waals surface area contributed by atoms with Gasteiger partial charge in [-0.25, -0.2) is 8.42 Å². The smallest absolute Gasteiger partial charge is 0.255 e. The Balaban J connectivity index is 1.33. The van der Waals surface area contributed by atoms with Gasteiger partial charge in [0.1, 0.15) is 5.75 Å². The lowest BCUT2D eigenvalue weighted by Crippen LogP contribution is -2.48. The number of anilines is 1. The monoisotopic (exact) mass is 507 g/mol. The normalized spacial score (nSPS) is 15.1. The molecule has 0 aromatic heterocycles. The quantitative estimate of drug-likeness (QED) is 0.484. The van der Waals surface area contributed by atoms with Gasteiger partial charge in [0.25, 0.3) is 5.91 Å². The molecule has 0 saturated carbocycles. The van der Waals surface area contributed by atoms with Crippen LogP contribution in [0.4, 0.5) is 5.69 Å². The minimum Gasteiger partial charge on any atom is -0.491 e. The SMILES string of the molecule is Cc1ccc(S(=O)(=O)N2CCN(Cc3cccc(C(=O)Nc4ccc(OC(C)C)cc4)c3)CC2)cc1. The summed E-state index contributed by atoms with van der Waals surface area (Å²) in [7, 11) is -3.49. The zero-order valence-electron chi connectivity index (χ0n) is 21.0. The van der Waals surface area contributed by atoms with Crippen LogP contribution in [0, 0.1) is 6.92 Å². The number of carbonyl (C=O) groups excluding carboxylic acids is 1. The van der Waals surface area contributed by atoms with Crippen LogP contribution in [0.25, 0.3) is 0 Å². The average Bonchev–Trinajstić information content (AvgIpc) is 2.86. The van der Waals surface area contributed by atoms with Crippen molar-refractivity contribution < 1.29 is 17.9 Å². The van der Waals surface area contributed by atoms with Crippen molar-refractivity contribution in [2.75, 3.05) is 31.5 Å². The Morgan fingerprint density at radius 3 is 2.25 bits per heavy atom. The summed E-state index contributed by atoms with van der Waals surface area (Å²) in [6.45, 7) is 8.67. The lowest BCUT2D eigenvalue weighted by molar-refractivity contribution is 0.102. The maximum Gasteiger partial charge on any atom is 0.255 e. The Bertz CT molecular complexity index is 1280. The number of rotatable bonds is 8. The number of amides is 1. The molecule has 0 atom stereocenters. The number of nitrogens with zero attached hydrogens (tertiary/aromatic N) is 2. The van der Waals surface area contributed by atoms with Gasteiger partial charge in [0.05, 0.1) is 11.0 Å². The first-order chi connectivity index (χ1) is 17.2. The maximum atomic E-state index is 13.0. The molecule has 0 radical (unpaired) electrons. The fourth-order valence-corrected chi connectivity index (χ4v) is 5.57. The van der Waals surface area contributed by atoms with Crippen LogP contribution in [-0.2, 0) is 16.6 Å². The molecule has 3 aromatic carbocycles. The number of aryl methyl sites for hydroxylation is 1. The molecule has 1 N–H and O–H groups in total. The highest BCUT2D eigenvalue weighted by Gasteiger charge is 2.28. The van der Waals surface area contributed by atoms with Gasteiger partial charge in [-0.1, -0.05) is 29.8 Å². The van der Waals surface area contributed by atoms with Crippen LogP contribution in [0.2, 0.25) is 0 Å². The molecule has 36 heavy (non-hydrogen) atoms. The van der Waals surface area contributed by atoms with Crippen LogP contribution < -0.4 is 10.1 Å². The highest BCUT2D eigenvalue weighted by atomic mass is 32.2. The summed E-state index contributed by atoms with van der Waals surface area (Å²) in [6, 6.07) is 21.9. The van der Waals surface area contributed by atoms with E-state index in [1.807, 2.05) is 75.4 Å². The first kappa shape index (κ1) is 25.9. The molecule has 0 bridgehead atoms. The molecule has 1 aliphatic heterocycles. The number of hydrogen-bond acceptors (Lipinski definition) is 5. The molecule has 1 saturated heterocycles. The van der Waals surface area contributed by atoms with Crippen LogP contribution in [0.5, 0.6) is 5.75 Å². The van der Waals surface area contributed by atoms with Gasteiger partial charge < -0.3 is 10.1 Å². The third kappa shape index (κ3) is 6.51. The highest BCUT2D eigenvalue weighted by molar-refractivity contribution is 7.89. The molecular weight excluding hydrogens is 474 g/mol. The molecule has 190 valence electrons. The van der Waals surface area contributed by atoms with Crippen molar-refractivity contribution in [3.8, 4) is 5.75 Å². The Morgan fingerprint density at radius 1 is 0.944 bits per heavy atom. The van der Waals surface area contributed by atoms with Crippen LogP contribution in [0.3, 0.4) is 0 Å². The predicted octanol–water partition coefficient (Wildman–Crippen LogP) is 4.54. The number of nitrogens with one attached hydrogen (secondary N) is 1. The van der Waals surface area contributed by atoms with Crippen molar-refractivity contribution in [3.63, 3.8) is 0 Å². The lowest BCUT2D eigenvalue weighted by atomic mass is 10.1. The fourth-order valence-electron chi connectivity index (χ4n) is 4.15. The van der Waals surface area contributed by atoms with Crippen LogP contribution >= 0.6 is 0 Å². The topological polar surface area (TPSA) is 79.0 Å². The van der Waals surface area contributed by atoms with E-state index in [0.717, 1.165) is 16.9 Å². The fraction of sp³-hybridized carbons (Fsp3) is 0.321. The molecule has 0 unspecified atom stereocenters. The molecule has 1 amide bonds. The van der Waals surface area contributed by atoms with Gasteiger partial charge in [-0.2, -0.15) is 4.31 Å². The van der Waals surface area contributed by atoms with Crippen molar-refractivity contribution in [2.24, 2.45) is 0 Å². The Kier molecular flexibility index (Phi) is 8.08. The largest absolute Gasteiger partial charge is 0.491 e. The van der Waals surface area contributed by atoms with Crippen molar-refractivity contribution in [2.45, 2.75) is 38.3 Å². The summed E-state index contributed by atoms with van der Waals surface area (Å²) in [4.78, 5) is 15.4. The van der Waals surface area contributed by atoms with E-state index < -0.39 is 10.0 Å². The molecule has 7 nitrogen and oxygen atoms in total. The minimum atomic E-state index is -3.49. The van der Waals surface area contributed by atoms with Gasteiger partial charge >= 0.3 is 0 Å². The summed E-state index contributed by atoms with van der Waals surface area (Å²) >= 11 is 0. The van der Waals surface area contributed by atoms with Gasteiger partial charge in [0.2, 0.25) is 10.0 Å². The third-order valence-corrected chi connectivity index (χ3v) is 7.98. The van der Waals surface area contributed by atoms with Crippen molar-refractivity contribution in [1.82, 2.24) is 9.21 Å². The molecule has 1 heterocycles. The summed E-state index contributed by atoms with van der Waals surface area (Å²) in [5.41, 5.74) is 3.32. The van der Waals surface area contributed by atoms with Gasteiger partial charge in [-0.05, 0) is 74.9 Å². The van der Waals surface area contributed by atoms with Crippen molar-refractivity contribution in [1.29, 1.82) is 0 Å². The number of hydrogen-bond donors (Lipinski definition) is 1. The molecule has 0 spiro atoms. The molecular formula is C28H33N3O4S. The van der Waals surface area contributed by atoms with Gasteiger partial charge in [-0.3, -0.25) is 9.69 Å². The molecule has 1 aliphatic rings. The van der Waals surface area contributed by atoms with Crippen LogP contribution in [-0.4, -0.2) is 55.8 Å². The first-order valence-electron chi connectivity index (χ1n) is 12.2. The number of carbonyl (C=O) groups is 1. The molecule has 4 rings (SSSR count). The van der Waals surface area contributed by atoms with E-state index in [2.05, 4.69) is 10.2 Å². The zero-order valence-corrected chi connectivity index (χ0v) is 21.8. The van der Waals surface area contributed by atoms with Crippen LogP contribution in [0.1, 0.15) is 35.3 Å². The second-order valence-electron chi connectivity index (χ2n) is 9.34. The van der Waals surface area contributed by atoms with Gasteiger partial charge in [-0.15, -0.1) is 0 Å². The van der Waals surface area contributed by atoms with Crippen LogP contribution in [0.15, 0.2) is 77.7 Å². The second-order valence-corrected chi connectivity index (χ2v) is 11.3. The van der Waals surface area contributed by atoms with Crippen molar-refractivity contribution in [3.05, 3.63) is 89.5 Å². The molecule has 8 heteroatoms. The van der Waals surface area contributed by atoms with Gasteiger partial charge in [0, 0.05) is 44.0 Å². The Hall–Kier alpha value is -3.20. The number of ether oxygens (including phenoxy) is 1. The summed E-state index contributed by atoms with van der Waals surface area (Å²) in [5.74, 6) is 0.583. The number of piperazine rings is 1. The van der Waals surface area contributed by atoms with E-state index in [1.54, 1.807) is 22.5 Å². The average molecular weight is 508 g/mol. The second kappa shape index (κ2) is 11.2. The molecule has 1 fully saturated rings. The van der Waals surface area contributed by atoms with E-state index in [-0.39, 0.29) is 12.0 Å². The predicted molar refractivity (Wildman–Crippen MR) is 142 cm³/mol. The van der Waals surface area contributed by atoms with E-state index in [9.17, 15) is 13.2 Å². The zero-order chi connectivity index (χ0) is 25.7.